The van der Waals surface area contributed by atoms with Gasteiger partial charge in [-0.3, -0.25) is 14.2 Å². The fourth-order valence-corrected chi connectivity index (χ4v) is 6.06. The van der Waals surface area contributed by atoms with Gasteiger partial charge in [0, 0.05) is 10.9 Å². The summed E-state index contributed by atoms with van der Waals surface area (Å²) < 4.78 is 7.04. The Balaban J connectivity index is 1.61. The number of furan rings is 1. The van der Waals surface area contributed by atoms with Crippen molar-refractivity contribution in [1.82, 2.24) is 14.9 Å². The molecule has 3 aromatic heterocycles. The van der Waals surface area contributed by atoms with Crippen molar-refractivity contribution in [3.8, 4) is 0 Å². The topological polar surface area (TPSA) is 77.1 Å². The summed E-state index contributed by atoms with van der Waals surface area (Å²) in [6, 6.07) is 3.65. The zero-order valence-electron chi connectivity index (χ0n) is 17.4. The highest BCUT2D eigenvalue weighted by Gasteiger charge is 2.23. The van der Waals surface area contributed by atoms with Crippen LogP contribution in [-0.4, -0.2) is 21.2 Å². The molecule has 8 heteroatoms. The van der Waals surface area contributed by atoms with Gasteiger partial charge in [0.2, 0.25) is 5.91 Å². The second-order valence-electron chi connectivity index (χ2n) is 7.72. The van der Waals surface area contributed by atoms with Crippen LogP contribution in [0.5, 0.6) is 0 Å². The number of rotatable bonds is 7. The normalized spacial score (nSPS) is 15.0. The van der Waals surface area contributed by atoms with Gasteiger partial charge in [-0.05, 0) is 56.7 Å². The molecule has 1 aliphatic carbocycles. The molecular formula is C22H27N3O3S2. The summed E-state index contributed by atoms with van der Waals surface area (Å²) in [6.45, 7) is 4.47. The molecule has 1 amide bonds. The number of nitrogens with one attached hydrogen (secondary N) is 1. The molecule has 0 spiro atoms. The standard InChI is InChI=1S/C22H27N3O3S2/c1-3-14(2)25-21(27)19-16-9-5-4-6-10-17(16)30-20(19)24-22(25)29-13-18(26)23-12-15-8-7-11-28-15/h7-8,11,14H,3-6,9-10,12-13H2,1-2H3,(H,23,26). The van der Waals surface area contributed by atoms with Crippen LogP contribution in [0.15, 0.2) is 32.8 Å². The van der Waals surface area contributed by atoms with Crippen molar-refractivity contribution in [2.45, 2.75) is 70.1 Å². The number of thioether (sulfide) groups is 1. The van der Waals surface area contributed by atoms with E-state index < -0.39 is 0 Å². The first-order valence-corrected chi connectivity index (χ1v) is 12.4. The molecule has 1 atom stereocenters. The Bertz CT molecular complexity index is 1090. The molecule has 3 heterocycles. The number of thiophene rings is 1. The number of nitrogens with zero attached hydrogens (tertiary/aromatic N) is 2. The molecule has 3 aromatic rings. The summed E-state index contributed by atoms with van der Waals surface area (Å²) in [6.07, 6.45) is 7.95. The maximum Gasteiger partial charge on any atom is 0.263 e. The lowest BCUT2D eigenvalue weighted by Crippen LogP contribution is -2.28. The Labute approximate surface area is 184 Å². The number of hydrogen-bond acceptors (Lipinski definition) is 6. The zero-order chi connectivity index (χ0) is 21.1. The molecule has 1 aliphatic rings. The molecule has 0 saturated carbocycles. The van der Waals surface area contributed by atoms with Gasteiger partial charge in [-0.2, -0.15) is 0 Å². The second-order valence-corrected chi connectivity index (χ2v) is 9.74. The maximum absolute atomic E-state index is 13.5. The van der Waals surface area contributed by atoms with Gasteiger partial charge in [-0.1, -0.05) is 25.1 Å². The van der Waals surface area contributed by atoms with Gasteiger partial charge >= 0.3 is 0 Å². The molecule has 1 unspecified atom stereocenters. The molecule has 0 fully saturated rings. The number of aromatic nitrogens is 2. The van der Waals surface area contributed by atoms with E-state index in [9.17, 15) is 9.59 Å². The fourth-order valence-electron chi connectivity index (χ4n) is 3.83. The highest BCUT2D eigenvalue weighted by molar-refractivity contribution is 7.99. The van der Waals surface area contributed by atoms with Crippen molar-refractivity contribution < 1.29 is 9.21 Å². The number of carbonyl (C=O) groups excluding carboxylic acids is 1. The number of fused-ring (bicyclic) bond motifs is 3. The second kappa shape index (κ2) is 9.39. The Hall–Kier alpha value is -2.06. The molecule has 0 radical (unpaired) electrons. The lowest BCUT2D eigenvalue weighted by atomic mass is 10.1. The average molecular weight is 446 g/mol. The first kappa shape index (κ1) is 21.2. The minimum absolute atomic E-state index is 0.0319. The van der Waals surface area contributed by atoms with Crippen LogP contribution in [0.1, 0.15) is 61.8 Å². The molecule has 0 aliphatic heterocycles. The Morgan fingerprint density at radius 1 is 1.37 bits per heavy atom. The average Bonchev–Trinajstić information content (AvgIpc) is 3.32. The van der Waals surface area contributed by atoms with Crippen LogP contribution in [0, 0.1) is 0 Å². The summed E-state index contributed by atoms with van der Waals surface area (Å²) in [4.78, 5) is 32.9. The van der Waals surface area contributed by atoms with Gasteiger partial charge < -0.3 is 9.73 Å². The molecular weight excluding hydrogens is 418 g/mol. The van der Waals surface area contributed by atoms with E-state index in [-0.39, 0.29) is 23.3 Å². The van der Waals surface area contributed by atoms with Crippen molar-refractivity contribution >= 4 is 39.2 Å². The Kier molecular flexibility index (Phi) is 6.63. The van der Waals surface area contributed by atoms with E-state index in [1.165, 1.54) is 35.0 Å². The van der Waals surface area contributed by atoms with Gasteiger partial charge in [0.1, 0.15) is 10.6 Å². The summed E-state index contributed by atoms with van der Waals surface area (Å²) in [7, 11) is 0. The van der Waals surface area contributed by atoms with Crippen molar-refractivity contribution in [3.05, 3.63) is 45.0 Å². The third-order valence-electron chi connectivity index (χ3n) is 5.64. The van der Waals surface area contributed by atoms with E-state index in [1.54, 1.807) is 28.2 Å². The first-order chi connectivity index (χ1) is 14.6. The molecule has 0 saturated heterocycles. The maximum atomic E-state index is 13.5. The van der Waals surface area contributed by atoms with Gasteiger partial charge in [-0.15, -0.1) is 11.3 Å². The highest BCUT2D eigenvalue weighted by Crippen LogP contribution is 2.34. The zero-order valence-corrected chi connectivity index (χ0v) is 19.0. The third kappa shape index (κ3) is 4.34. The molecule has 0 aromatic carbocycles. The lowest BCUT2D eigenvalue weighted by molar-refractivity contribution is -0.118. The summed E-state index contributed by atoms with van der Waals surface area (Å²) in [5.74, 6) is 0.813. The molecule has 160 valence electrons. The number of aryl methyl sites for hydroxylation is 2. The van der Waals surface area contributed by atoms with Gasteiger partial charge in [0.15, 0.2) is 5.16 Å². The predicted octanol–water partition coefficient (Wildman–Crippen LogP) is 4.70. The van der Waals surface area contributed by atoms with Gasteiger partial charge in [-0.25, -0.2) is 4.98 Å². The fraction of sp³-hybridized carbons (Fsp3) is 0.500. The van der Waals surface area contributed by atoms with E-state index in [0.717, 1.165) is 35.9 Å². The van der Waals surface area contributed by atoms with E-state index in [2.05, 4.69) is 12.2 Å². The van der Waals surface area contributed by atoms with Crippen LogP contribution < -0.4 is 10.9 Å². The largest absolute Gasteiger partial charge is 0.467 e. The van der Waals surface area contributed by atoms with E-state index >= 15 is 0 Å². The summed E-state index contributed by atoms with van der Waals surface area (Å²) in [5.41, 5.74) is 1.27. The van der Waals surface area contributed by atoms with Gasteiger partial charge in [0.25, 0.3) is 5.56 Å². The van der Waals surface area contributed by atoms with Crippen LogP contribution >= 0.6 is 23.1 Å². The number of amides is 1. The molecule has 6 nitrogen and oxygen atoms in total. The van der Waals surface area contributed by atoms with Crippen LogP contribution in [0.2, 0.25) is 0 Å². The van der Waals surface area contributed by atoms with Crippen LogP contribution in [0.3, 0.4) is 0 Å². The van der Waals surface area contributed by atoms with E-state index in [1.807, 2.05) is 13.0 Å². The predicted molar refractivity (Wildman–Crippen MR) is 121 cm³/mol. The smallest absolute Gasteiger partial charge is 0.263 e. The minimum atomic E-state index is -0.108. The quantitative estimate of drug-likeness (QED) is 0.324. The Morgan fingerprint density at radius 3 is 2.97 bits per heavy atom. The molecule has 30 heavy (non-hydrogen) atoms. The Morgan fingerprint density at radius 2 is 2.20 bits per heavy atom. The SMILES string of the molecule is CCC(C)n1c(SCC(=O)NCc2ccco2)nc2sc3c(c2c1=O)CCCCC3. The number of carbonyl (C=O) groups is 1. The minimum Gasteiger partial charge on any atom is -0.467 e. The van der Waals surface area contributed by atoms with Crippen LogP contribution in [-0.2, 0) is 24.2 Å². The molecule has 0 bridgehead atoms. The number of hydrogen-bond donors (Lipinski definition) is 1. The highest BCUT2D eigenvalue weighted by atomic mass is 32.2. The van der Waals surface area contributed by atoms with E-state index in [4.69, 9.17) is 9.40 Å². The van der Waals surface area contributed by atoms with Crippen molar-refractivity contribution in [3.63, 3.8) is 0 Å². The molecule has 1 N–H and O–H groups in total. The summed E-state index contributed by atoms with van der Waals surface area (Å²) in [5, 5.41) is 4.29. The summed E-state index contributed by atoms with van der Waals surface area (Å²) >= 11 is 2.99. The monoisotopic (exact) mass is 445 g/mol. The van der Waals surface area contributed by atoms with Crippen molar-refractivity contribution in [2.75, 3.05) is 5.75 Å². The third-order valence-corrected chi connectivity index (χ3v) is 7.78. The van der Waals surface area contributed by atoms with Crippen molar-refractivity contribution in [1.29, 1.82) is 0 Å². The van der Waals surface area contributed by atoms with Crippen LogP contribution in [0.4, 0.5) is 0 Å². The van der Waals surface area contributed by atoms with Gasteiger partial charge in [0.05, 0.1) is 23.9 Å². The van der Waals surface area contributed by atoms with E-state index in [0.29, 0.717) is 17.5 Å². The van der Waals surface area contributed by atoms with Crippen molar-refractivity contribution in [2.24, 2.45) is 0 Å². The molecule has 4 rings (SSSR count). The lowest BCUT2D eigenvalue weighted by Gasteiger charge is -2.17. The van der Waals surface area contributed by atoms with Crippen LogP contribution in [0.25, 0.3) is 10.2 Å². The first-order valence-electron chi connectivity index (χ1n) is 10.6.